The number of aromatic amines is 1. The first-order chi connectivity index (χ1) is 16.7. The number of nitrogens with one attached hydrogen (secondary N) is 1. The lowest BCUT2D eigenvalue weighted by atomic mass is 9.92. The number of benzene rings is 3. The number of halogens is 1. The zero-order valence-corrected chi connectivity index (χ0v) is 19.9. The van der Waals surface area contributed by atoms with Crippen LogP contribution in [0.5, 0.6) is 0 Å². The highest BCUT2D eigenvalue weighted by molar-refractivity contribution is 6.52. The van der Waals surface area contributed by atoms with Gasteiger partial charge in [-0.1, -0.05) is 24.3 Å². The average molecular weight is 469 g/mol. The van der Waals surface area contributed by atoms with Gasteiger partial charge in [0.15, 0.2) is 0 Å². The van der Waals surface area contributed by atoms with Crippen LogP contribution in [0.1, 0.15) is 39.6 Å². The second kappa shape index (κ2) is 8.24. The van der Waals surface area contributed by atoms with Crippen molar-refractivity contribution in [2.75, 3.05) is 4.90 Å². The van der Waals surface area contributed by atoms with Crippen molar-refractivity contribution in [3.05, 3.63) is 106 Å². The van der Waals surface area contributed by atoms with Crippen LogP contribution in [-0.2, 0) is 9.59 Å². The Morgan fingerprint density at radius 1 is 0.914 bits per heavy atom. The summed E-state index contributed by atoms with van der Waals surface area (Å²) in [6.07, 6.45) is 0. The standard InChI is InChI=1S/C29H25FN2O3/c1-15-9-11-20(14-16(15)2)32-26(24-18(4)31-23-8-6-5-7-21(23)24)25(28(34)29(32)35)27(33)19-10-12-22(30)17(3)13-19/h5-14,26,31,33H,1-4H3/b27-25+. The third kappa shape index (κ3) is 3.53. The molecule has 35 heavy (non-hydrogen) atoms. The fraction of sp³-hybridized carbons (Fsp3) is 0.172. The number of aliphatic hydroxyl groups excluding tert-OH is 1. The predicted octanol–water partition coefficient (Wildman–Crippen LogP) is 6.17. The topological polar surface area (TPSA) is 73.4 Å². The van der Waals surface area contributed by atoms with Crippen LogP contribution >= 0.6 is 0 Å². The fourth-order valence-corrected chi connectivity index (χ4v) is 4.85. The van der Waals surface area contributed by atoms with E-state index in [0.29, 0.717) is 11.3 Å². The number of H-pyrrole nitrogens is 1. The SMILES string of the molecule is Cc1ccc(N2C(=O)C(=O)/C(=C(/O)c3ccc(F)c(C)c3)C2c2c(C)[nH]c3ccccc23)cc1C. The smallest absolute Gasteiger partial charge is 0.300 e. The minimum absolute atomic E-state index is 0.0212. The number of ketones is 1. The third-order valence-corrected chi connectivity index (χ3v) is 6.86. The quantitative estimate of drug-likeness (QED) is 0.215. The fourth-order valence-electron chi connectivity index (χ4n) is 4.85. The van der Waals surface area contributed by atoms with Crippen LogP contribution in [0, 0.1) is 33.5 Å². The summed E-state index contributed by atoms with van der Waals surface area (Å²) in [6, 6.07) is 16.5. The lowest BCUT2D eigenvalue weighted by Gasteiger charge is -2.26. The number of hydrogen-bond acceptors (Lipinski definition) is 3. The van der Waals surface area contributed by atoms with Crippen molar-refractivity contribution in [2.24, 2.45) is 0 Å². The number of Topliss-reactive ketones (excluding diaryl/α,β-unsaturated/α-hetero) is 1. The maximum Gasteiger partial charge on any atom is 0.300 e. The molecular formula is C29H25FN2O3. The molecule has 0 saturated carbocycles. The van der Waals surface area contributed by atoms with Gasteiger partial charge in [0, 0.05) is 33.4 Å². The number of hydrogen-bond donors (Lipinski definition) is 2. The summed E-state index contributed by atoms with van der Waals surface area (Å²) < 4.78 is 13.9. The van der Waals surface area contributed by atoms with Crippen LogP contribution in [-0.4, -0.2) is 21.8 Å². The van der Waals surface area contributed by atoms with E-state index in [-0.39, 0.29) is 16.9 Å². The molecule has 0 aliphatic carbocycles. The van der Waals surface area contributed by atoms with E-state index in [0.717, 1.165) is 33.3 Å². The van der Waals surface area contributed by atoms with E-state index in [1.807, 2.05) is 63.2 Å². The molecule has 1 saturated heterocycles. The summed E-state index contributed by atoms with van der Waals surface area (Å²) in [5.41, 5.74) is 5.59. The van der Waals surface area contributed by atoms with Crippen LogP contribution in [0.4, 0.5) is 10.1 Å². The number of aromatic nitrogens is 1. The molecule has 0 radical (unpaired) electrons. The molecule has 1 unspecified atom stereocenters. The highest BCUT2D eigenvalue weighted by Gasteiger charge is 2.48. The maximum absolute atomic E-state index is 13.9. The zero-order valence-electron chi connectivity index (χ0n) is 19.9. The summed E-state index contributed by atoms with van der Waals surface area (Å²) in [5, 5.41) is 12.2. The number of anilines is 1. The van der Waals surface area contributed by atoms with Gasteiger partial charge >= 0.3 is 0 Å². The Morgan fingerprint density at radius 3 is 2.37 bits per heavy atom. The van der Waals surface area contributed by atoms with Gasteiger partial charge in [-0.25, -0.2) is 4.39 Å². The zero-order chi connectivity index (χ0) is 25.0. The van der Waals surface area contributed by atoms with Gasteiger partial charge in [0.25, 0.3) is 11.7 Å². The molecular weight excluding hydrogens is 443 g/mol. The Morgan fingerprint density at radius 2 is 1.66 bits per heavy atom. The molecule has 2 heterocycles. The summed E-state index contributed by atoms with van der Waals surface area (Å²) in [4.78, 5) is 31.7. The third-order valence-electron chi connectivity index (χ3n) is 6.86. The van der Waals surface area contributed by atoms with Gasteiger partial charge in [0.2, 0.25) is 0 Å². The number of amides is 1. The molecule has 0 spiro atoms. The predicted molar refractivity (Wildman–Crippen MR) is 135 cm³/mol. The highest BCUT2D eigenvalue weighted by Crippen LogP contribution is 2.45. The minimum atomic E-state index is -0.862. The highest BCUT2D eigenvalue weighted by atomic mass is 19.1. The van der Waals surface area contributed by atoms with Crippen LogP contribution in [0.25, 0.3) is 16.7 Å². The molecule has 1 aromatic heterocycles. The van der Waals surface area contributed by atoms with Crippen molar-refractivity contribution < 1.29 is 19.1 Å². The van der Waals surface area contributed by atoms with E-state index in [1.54, 1.807) is 6.92 Å². The number of carbonyl (C=O) groups excluding carboxylic acids is 2. The molecule has 1 aliphatic rings. The number of carbonyl (C=O) groups is 2. The maximum atomic E-state index is 13.9. The molecule has 1 amide bonds. The number of aryl methyl sites for hydroxylation is 4. The molecule has 1 atom stereocenters. The Balaban J connectivity index is 1.82. The molecule has 3 aromatic carbocycles. The van der Waals surface area contributed by atoms with Crippen molar-refractivity contribution in [1.29, 1.82) is 0 Å². The largest absolute Gasteiger partial charge is 0.507 e. The molecule has 5 nitrogen and oxygen atoms in total. The van der Waals surface area contributed by atoms with Crippen molar-refractivity contribution in [3.8, 4) is 0 Å². The monoisotopic (exact) mass is 468 g/mol. The Labute approximate surface area is 202 Å². The first-order valence-electron chi connectivity index (χ1n) is 11.4. The minimum Gasteiger partial charge on any atom is -0.507 e. The molecule has 1 fully saturated rings. The van der Waals surface area contributed by atoms with E-state index in [1.165, 1.54) is 23.1 Å². The first-order valence-corrected chi connectivity index (χ1v) is 11.4. The Hall–Kier alpha value is -4.19. The lowest BCUT2D eigenvalue weighted by molar-refractivity contribution is -0.132. The lowest BCUT2D eigenvalue weighted by Crippen LogP contribution is -2.29. The number of nitrogens with zero attached hydrogens (tertiary/aromatic N) is 1. The Kier molecular flexibility index (Phi) is 5.32. The summed E-state index contributed by atoms with van der Waals surface area (Å²) in [6.45, 7) is 7.40. The normalized spacial score (nSPS) is 17.5. The average Bonchev–Trinajstić information content (AvgIpc) is 3.29. The van der Waals surface area contributed by atoms with Gasteiger partial charge in [-0.3, -0.25) is 14.5 Å². The van der Waals surface area contributed by atoms with Gasteiger partial charge in [-0.15, -0.1) is 0 Å². The Bertz CT molecular complexity index is 1560. The van der Waals surface area contributed by atoms with Gasteiger partial charge in [-0.2, -0.15) is 0 Å². The van der Waals surface area contributed by atoms with Gasteiger partial charge < -0.3 is 10.1 Å². The second-order valence-electron chi connectivity index (χ2n) is 9.11. The summed E-state index contributed by atoms with van der Waals surface area (Å²) in [7, 11) is 0. The van der Waals surface area contributed by atoms with Gasteiger partial charge in [-0.05, 0) is 80.8 Å². The first kappa shape index (κ1) is 22.6. The summed E-state index contributed by atoms with van der Waals surface area (Å²) in [5.74, 6) is -2.24. The van der Waals surface area contributed by atoms with Crippen molar-refractivity contribution in [2.45, 2.75) is 33.7 Å². The van der Waals surface area contributed by atoms with Gasteiger partial charge in [0.1, 0.15) is 11.6 Å². The van der Waals surface area contributed by atoms with Crippen molar-refractivity contribution >= 4 is 34.0 Å². The van der Waals surface area contributed by atoms with Crippen molar-refractivity contribution in [1.82, 2.24) is 4.98 Å². The van der Waals surface area contributed by atoms with Crippen LogP contribution in [0.15, 0.2) is 66.2 Å². The number of aliphatic hydroxyl groups is 1. The number of para-hydroxylation sites is 1. The molecule has 1 aliphatic heterocycles. The van der Waals surface area contributed by atoms with Crippen LogP contribution in [0.2, 0.25) is 0 Å². The summed E-state index contributed by atoms with van der Waals surface area (Å²) >= 11 is 0. The van der Waals surface area contributed by atoms with Crippen molar-refractivity contribution in [3.63, 3.8) is 0 Å². The van der Waals surface area contributed by atoms with Crippen LogP contribution in [0.3, 0.4) is 0 Å². The second-order valence-corrected chi connectivity index (χ2v) is 9.11. The van der Waals surface area contributed by atoms with Crippen LogP contribution < -0.4 is 4.90 Å². The number of rotatable bonds is 3. The molecule has 6 heteroatoms. The number of fused-ring (bicyclic) bond motifs is 1. The molecule has 0 bridgehead atoms. The van der Waals surface area contributed by atoms with E-state index in [4.69, 9.17) is 0 Å². The van der Waals surface area contributed by atoms with E-state index < -0.39 is 23.5 Å². The molecule has 176 valence electrons. The molecule has 4 aromatic rings. The molecule has 5 rings (SSSR count). The van der Waals surface area contributed by atoms with E-state index >= 15 is 0 Å². The van der Waals surface area contributed by atoms with E-state index in [2.05, 4.69) is 4.98 Å². The molecule has 2 N–H and O–H groups in total. The van der Waals surface area contributed by atoms with Gasteiger partial charge in [0.05, 0.1) is 11.6 Å². The van der Waals surface area contributed by atoms with E-state index in [9.17, 15) is 19.1 Å².